The zero-order valence-corrected chi connectivity index (χ0v) is 68.9. The van der Waals surface area contributed by atoms with Gasteiger partial charge in [0, 0.05) is 67.6 Å². The molecule has 1 aliphatic rings. The molecule has 1 aromatic heterocycles. The molecule has 590 valence electrons. The monoisotopic (exact) mass is 1590 g/mol. The number of para-hydroxylation sites is 4. The van der Waals surface area contributed by atoms with Gasteiger partial charge >= 0.3 is 0 Å². The third-order valence-electron chi connectivity index (χ3n) is 24.5. The van der Waals surface area contributed by atoms with Gasteiger partial charge in [-0.1, -0.05) is 370 Å². The summed E-state index contributed by atoms with van der Waals surface area (Å²) in [6, 6.07) is 189. The minimum atomic E-state index is -0.501. The van der Waals surface area contributed by atoms with Crippen LogP contribution in [0, 0.1) is 0 Å². The van der Waals surface area contributed by atoms with Crippen LogP contribution in [0.1, 0.15) is 22.3 Å². The molecular weight excluding hydrogens is 1510 g/mol. The molecule has 0 radical (unpaired) electrons. The Kier molecular flexibility index (Phi) is 20.7. The lowest BCUT2D eigenvalue weighted by Gasteiger charge is -2.35. The van der Waals surface area contributed by atoms with Crippen LogP contribution in [-0.4, -0.2) is 4.57 Å². The summed E-state index contributed by atoms with van der Waals surface area (Å²) in [7, 11) is 0. The molecule has 1 heterocycles. The molecule has 22 rings (SSSR count). The van der Waals surface area contributed by atoms with E-state index in [1.54, 1.807) is 0 Å². The number of fused-ring (bicyclic) bond motifs is 6. The molecule has 0 amide bonds. The van der Waals surface area contributed by atoms with Crippen molar-refractivity contribution in [1.29, 1.82) is 0 Å². The average molecular weight is 1600 g/mol. The molecule has 4 nitrogen and oxygen atoms in total. The molecule has 0 bridgehead atoms. The predicted octanol–water partition coefficient (Wildman–Crippen LogP) is 32.9. The molecule has 21 aromatic rings. The first kappa shape index (κ1) is 76.0. The van der Waals surface area contributed by atoms with Crippen molar-refractivity contribution in [3.8, 4) is 94.7 Å². The zero-order chi connectivity index (χ0) is 83.3. The molecule has 0 spiro atoms. The molecule has 0 saturated carbocycles. The summed E-state index contributed by atoms with van der Waals surface area (Å²) in [5.41, 5.74) is 36.8. The van der Waals surface area contributed by atoms with Gasteiger partial charge in [0.2, 0.25) is 0 Å². The van der Waals surface area contributed by atoms with Crippen LogP contribution in [0.4, 0.5) is 51.2 Å². The van der Waals surface area contributed by atoms with E-state index in [1.165, 1.54) is 122 Å². The number of benzene rings is 20. The van der Waals surface area contributed by atoms with Gasteiger partial charge in [0.25, 0.3) is 0 Å². The lowest BCUT2D eigenvalue weighted by atomic mass is 9.67. The summed E-state index contributed by atoms with van der Waals surface area (Å²) in [5.74, 6) is 0. The highest BCUT2D eigenvalue weighted by atomic mass is 15.2. The van der Waals surface area contributed by atoms with E-state index in [0.717, 1.165) is 68.0 Å². The van der Waals surface area contributed by atoms with E-state index in [4.69, 9.17) is 0 Å². The van der Waals surface area contributed by atoms with Gasteiger partial charge in [-0.2, -0.15) is 0 Å². The number of hydrogen-bond donors (Lipinski definition) is 0. The minimum absolute atomic E-state index is 0.501. The van der Waals surface area contributed by atoms with Gasteiger partial charge < -0.3 is 19.3 Å². The molecule has 0 saturated heterocycles. The molecular formula is C121H86N4. The second-order valence-corrected chi connectivity index (χ2v) is 31.9. The van der Waals surface area contributed by atoms with E-state index in [-0.39, 0.29) is 0 Å². The van der Waals surface area contributed by atoms with E-state index in [1.807, 2.05) is 0 Å². The van der Waals surface area contributed by atoms with Crippen molar-refractivity contribution in [3.63, 3.8) is 0 Å². The number of hydrogen-bond acceptors (Lipinski definition) is 3. The third-order valence-corrected chi connectivity index (χ3v) is 24.5. The topological polar surface area (TPSA) is 14.7 Å². The smallest absolute Gasteiger partial charge is 0.0714 e. The van der Waals surface area contributed by atoms with Crippen molar-refractivity contribution in [2.75, 3.05) is 14.7 Å². The van der Waals surface area contributed by atoms with Crippen LogP contribution in [0.25, 0.3) is 117 Å². The molecule has 20 aromatic carbocycles. The highest BCUT2D eigenvalue weighted by molar-refractivity contribution is 6.10. The lowest BCUT2D eigenvalue weighted by molar-refractivity contribution is 0.768. The Bertz CT molecular complexity index is 7060. The van der Waals surface area contributed by atoms with Crippen LogP contribution in [0.3, 0.4) is 0 Å². The van der Waals surface area contributed by atoms with Gasteiger partial charge in [-0.05, 0) is 263 Å². The predicted molar refractivity (Wildman–Crippen MR) is 527 cm³/mol. The molecule has 125 heavy (non-hydrogen) atoms. The van der Waals surface area contributed by atoms with Gasteiger partial charge in [-0.15, -0.1) is 0 Å². The first-order valence-corrected chi connectivity index (χ1v) is 42.9. The SMILES string of the molecule is c1ccc(-c2ccc(N(c3ccc(-c4ccc5c(c4)c4ccccc4n5-c4ccccc4)cc3)c3ccc4c(c3)C(c3ccccc3)(c3ccccc3)c3ccccc3-4)cc2)cc1.c1ccc(-c2ccc(N(c3ccccc3)c3cc(-c4cc(-c5ccccc5)cc(-c5ccccc5)c4)cc(N(c4ccccc4)c4ccc(-c5ccccc5)cc4)c3)cc2)cc1. The van der Waals surface area contributed by atoms with Gasteiger partial charge in [-0.3, -0.25) is 0 Å². The van der Waals surface area contributed by atoms with E-state index < -0.39 is 5.41 Å². The van der Waals surface area contributed by atoms with Crippen molar-refractivity contribution in [2.45, 2.75) is 5.41 Å². The van der Waals surface area contributed by atoms with Crippen molar-refractivity contribution in [1.82, 2.24) is 4.57 Å². The number of anilines is 9. The molecule has 0 fully saturated rings. The molecule has 1 aliphatic carbocycles. The largest absolute Gasteiger partial charge is 0.310 e. The summed E-state index contributed by atoms with van der Waals surface area (Å²) in [4.78, 5) is 7.17. The Balaban J connectivity index is 0.000000153. The number of aromatic nitrogens is 1. The maximum absolute atomic E-state index is 2.45. The first-order valence-electron chi connectivity index (χ1n) is 42.9. The summed E-state index contributed by atoms with van der Waals surface area (Å²) in [6.07, 6.45) is 0. The zero-order valence-electron chi connectivity index (χ0n) is 68.9. The summed E-state index contributed by atoms with van der Waals surface area (Å²) in [5, 5.41) is 2.50. The van der Waals surface area contributed by atoms with Gasteiger partial charge in [0.05, 0.1) is 16.4 Å². The minimum Gasteiger partial charge on any atom is -0.310 e. The maximum atomic E-state index is 2.45. The van der Waals surface area contributed by atoms with Crippen molar-refractivity contribution in [2.24, 2.45) is 0 Å². The van der Waals surface area contributed by atoms with Crippen LogP contribution >= 0.6 is 0 Å². The Labute approximate surface area is 731 Å². The maximum Gasteiger partial charge on any atom is 0.0714 e. The molecule has 0 atom stereocenters. The van der Waals surface area contributed by atoms with Gasteiger partial charge in [-0.25, -0.2) is 0 Å². The molecule has 0 unspecified atom stereocenters. The summed E-state index contributed by atoms with van der Waals surface area (Å²) in [6.45, 7) is 0. The molecule has 0 aliphatic heterocycles. The lowest BCUT2D eigenvalue weighted by Crippen LogP contribution is -2.28. The standard InChI is InChI=1S/C61H42N2.C60H44N2/c1-5-17-43(18-6-1)44-29-34-50(35-30-44)62(51-36-31-45(32-37-51)46-33-40-60-56(41-46)55-26-14-16-28-59(55)63(60)49-23-11-4-12-24-49)52-38-39-54-53-25-13-15-27-57(53)61(58(54)42-52,47-19-7-2-8-20-47)48-21-9-3-10-22-48;1-7-19-45(20-8-1)49-31-35-57(36-32-49)61(55-27-15-5-16-28-55)59-42-54(53-40-51(47-23-11-3-12-24-47)39-52(41-53)48-25-13-4-14-26-48)43-60(44-59)62(56-29-17-6-18-30-56)58-37-33-50(34-38-58)46-21-9-2-10-22-46/h1-42H;1-44H. The normalized spacial score (nSPS) is 11.7. The quantitative estimate of drug-likeness (QED) is 0.0802. The van der Waals surface area contributed by atoms with E-state index in [2.05, 4.69) is 541 Å². The van der Waals surface area contributed by atoms with Crippen molar-refractivity contribution >= 4 is 73.0 Å². The molecule has 0 N–H and O–H groups in total. The molecule has 4 heteroatoms. The second kappa shape index (κ2) is 34.0. The fourth-order valence-electron chi connectivity index (χ4n) is 18.6. The fraction of sp³-hybridized carbons (Fsp3) is 0.00826. The third kappa shape index (κ3) is 14.9. The Morgan fingerprint density at radius 3 is 0.872 bits per heavy atom. The van der Waals surface area contributed by atoms with Crippen LogP contribution in [0.5, 0.6) is 0 Å². The number of nitrogens with zero attached hydrogens (tertiary/aromatic N) is 4. The highest BCUT2D eigenvalue weighted by Crippen LogP contribution is 2.58. The Morgan fingerprint density at radius 1 is 0.152 bits per heavy atom. The number of rotatable bonds is 19. The average Bonchev–Trinajstić information content (AvgIpc) is 1.54. The summed E-state index contributed by atoms with van der Waals surface area (Å²) >= 11 is 0. The summed E-state index contributed by atoms with van der Waals surface area (Å²) < 4.78 is 2.37. The van der Waals surface area contributed by atoms with Crippen molar-refractivity contribution < 1.29 is 0 Å². The second-order valence-electron chi connectivity index (χ2n) is 31.9. The van der Waals surface area contributed by atoms with Crippen molar-refractivity contribution in [3.05, 3.63) is 544 Å². The highest BCUT2D eigenvalue weighted by Gasteiger charge is 2.46. The van der Waals surface area contributed by atoms with Crippen LogP contribution in [0.15, 0.2) is 522 Å². The van der Waals surface area contributed by atoms with Gasteiger partial charge in [0.1, 0.15) is 0 Å². The van der Waals surface area contributed by atoms with Crippen LogP contribution in [0.2, 0.25) is 0 Å². The van der Waals surface area contributed by atoms with E-state index in [9.17, 15) is 0 Å². The van der Waals surface area contributed by atoms with Crippen LogP contribution in [-0.2, 0) is 5.41 Å². The Hall–Kier alpha value is -16.4. The van der Waals surface area contributed by atoms with Crippen LogP contribution < -0.4 is 14.7 Å². The Morgan fingerprint density at radius 2 is 0.440 bits per heavy atom. The first-order chi connectivity index (χ1) is 62.0. The van der Waals surface area contributed by atoms with E-state index in [0.29, 0.717) is 0 Å². The van der Waals surface area contributed by atoms with Gasteiger partial charge in [0.15, 0.2) is 0 Å². The fourth-order valence-corrected chi connectivity index (χ4v) is 18.6. The van der Waals surface area contributed by atoms with E-state index >= 15 is 0 Å².